The lowest BCUT2D eigenvalue weighted by Crippen LogP contribution is -2.21. The normalized spacial score (nSPS) is 10.1. The van der Waals surface area contributed by atoms with Gasteiger partial charge in [0.2, 0.25) is 5.91 Å². The summed E-state index contributed by atoms with van der Waals surface area (Å²) >= 11 is 0. The van der Waals surface area contributed by atoms with Gasteiger partial charge in [0.05, 0.1) is 11.9 Å². The van der Waals surface area contributed by atoms with Gasteiger partial charge in [-0.1, -0.05) is 6.07 Å². The van der Waals surface area contributed by atoms with E-state index in [2.05, 4.69) is 15.5 Å². The van der Waals surface area contributed by atoms with Crippen molar-refractivity contribution in [2.45, 2.75) is 13.0 Å². The third-order valence-corrected chi connectivity index (χ3v) is 2.26. The van der Waals surface area contributed by atoms with Crippen molar-refractivity contribution < 1.29 is 4.79 Å². The third-order valence-electron chi connectivity index (χ3n) is 2.26. The van der Waals surface area contributed by atoms with Crippen molar-refractivity contribution in [3.8, 4) is 0 Å². The predicted octanol–water partition coefficient (Wildman–Crippen LogP) is 0.600. The molecule has 0 spiro atoms. The van der Waals surface area contributed by atoms with Crippen LogP contribution in [0.5, 0.6) is 0 Å². The molecule has 6 nitrogen and oxygen atoms in total. The molecule has 0 aromatic carbocycles. The number of hydrogen-bond acceptors (Lipinski definition) is 3. The lowest BCUT2D eigenvalue weighted by Gasteiger charge is -2.04. The fourth-order valence-electron chi connectivity index (χ4n) is 1.41. The van der Waals surface area contributed by atoms with Gasteiger partial charge < -0.3 is 9.88 Å². The van der Waals surface area contributed by atoms with E-state index in [1.807, 2.05) is 0 Å². The quantitative estimate of drug-likeness (QED) is 0.810. The monoisotopic (exact) mass is 232 g/mol. The second-order valence-corrected chi connectivity index (χ2v) is 3.52. The Bertz CT molecular complexity index is 545. The highest BCUT2D eigenvalue weighted by atomic mass is 16.1. The number of pyridine rings is 1. The summed E-state index contributed by atoms with van der Waals surface area (Å²) in [5, 5.41) is 8.97. The largest absolute Gasteiger partial charge is 0.323 e. The van der Waals surface area contributed by atoms with Gasteiger partial charge in [0.25, 0.3) is 5.56 Å². The minimum Gasteiger partial charge on any atom is -0.323 e. The zero-order valence-electron chi connectivity index (χ0n) is 9.09. The molecule has 2 rings (SSSR count). The van der Waals surface area contributed by atoms with Gasteiger partial charge in [-0.2, -0.15) is 5.10 Å². The van der Waals surface area contributed by atoms with Gasteiger partial charge in [0, 0.05) is 31.4 Å². The number of aryl methyl sites for hydroxylation is 1. The number of hydrogen-bond donors (Lipinski definition) is 2. The van der Waals surface area contributed by atoms with E-state index in [1.165, 1.54) is 16.8 Å². The molecule has 2 aromatic rings. The summed E-state index contributed by atoms with van der Waals surface area (Å²) in [7, 11) is 0. The number of H-pyrrole nitrogens is 1. The van der Waals surface area contributed by atoms with Crippen LogP contribution in [0.25, 0.3) is 0 Å². The van der Waals surface area contributed by atoms with E-state index < -0.39 is 0 Å². The minimum atomic E-state index is -0.151. The van der Waals surface area contributed by atoms with E-state index in [4.69, 9.17) is 0 Å². The van der Waals surface area contributed by atoms with Crippen LogP contribution < -0.4 is 10.9 Å². The molecular weight excluding hydrogens is 220 g/mol. The smallest absolute Gasteiger partial charge is 0.250 e. The summed E-state index contributed by atoms with van der Waals surface area (Å²) in [5.41, 5.74) is 0.513. The number of aromatic nitrogens is 3. The van der Waals surface area contributed by atoms with Crippen LogP contribution in [0, 0.1) is 0 Å². The second kappa shape index (κ2) is 5.11. The molecular formula is C11H12N4O2. The number of carbonyl (C=O) groups is 1. The Morgan fingerprint density at radius 3 is 3.06 bits per heavy atom. The molecule has 6 heteroatoms. The van der Waals surface area contributed by atoms with Crippen LogP contribution in [-0.4, -0.2) is 20.7 Å². The molecule has 2 aromatic heterocycles. The van der Waals surface area contributed by atoms with E-state index in [0.717, 1.165) is 0 Å². The fraction of sp³-hybridized carbons (Fsp3) is 0.182. The molecule has 0 aliphatic heterocycles. The van der Waals surface area contributed by atoms with Crippen molar-refractivity contribution in [3.63, 3.8) is 0 Å². The maximum absolute atomic E-state index is 11.5. The van der Waals surface area contributed by atoms with Crippen molar-refractivity contribution in [2.24, 2.45) is 0 Å². The first-order valence-electron chi connectivity index (χ1n) is 5.20. The Labute approximate surface area is 97.3 Å². The van der Waals surface area contributed by atoms with Crippen LogP contribution in [0.15, 0.2) is 41.6 Å². The molecule has 0 unspecified atom stereocenters. The Hall–Kier alpha value is -2.37. The maximum Gasteiger partial charge on any atom is 0.250 e. The fourth-order valence-corrected chi connectivity index (χ4v) is 1.41. The number of amides is 1. The molecule has 1 amide bonds. The van der Waals surface area contributed by atoms with Crippen molar-refractivity contribution in [2.75, 3.05) is 5.32 Å². The van der Waals surface area contributed by atoms with Crippen LogP contribution in [0.1, 0.15) is 6.42 Å². The first-order valence-corrected chi connectivity index (χ1v) is 5.20. The molecule has 17 heavy (non-hydrogen) atoms. The topological polar surface area (TPSA) is 79.8 Å². The van der Waals surface area contributed by atoms with Crippen LogP contribution >= 0.6 is 0 Å². The average molecular weight is 232 g/mol. The molecule has 2 N–H and O–H groups in total. The van der Waals surface area contributed by atoms with Gasteiger partial charge in [-0.05, 0) is 6.07 Å². The molecule has 0 fully saturated rings. The summed E-state index contributed by atoms with van der Waals surface area (Å²) in [6, 6.07) is 4.90. The summed E-state index contributed by atoms with van der Waals surface area (Å²) in [4.78, 5) is 22.9. The van der Waals surface area contributed by atoms with Crippen LogP contribution in [0.2, 0.25) is 0 Å². The van der Waals surface area contributed by atoms with E-state index in [1.54, 1.807) is 24.5 Å². The highest BCUT2D eigenvalue weighted by Gasteiger charge is 2.03. The lowest BCUT2D eigenvalue weighted by atomic mass is 10.3. The standard InChI is InChI=1S/C11H12N4O2/c16-10(14-9-7-12-13-8-9)4-6-15-5-2-1-3-11(15)17/h1-3,5,7-8H,4,6H2,(H,12,13)(H,14,16). The Kier molecular flexibility index (Phi) is 3.34. The van der Waals surface area contributed by atoms with Gasteiger partial charge in [-0.15, -0.1) is 0 Å². The molecule has 0 bridgehead atoms. The number of nitrogens with one attached hydrogen (secondary N) is 2. The number of nitrogens with zero attached hydrogens (tertiary/aromatic N) is 2. The highest BCUT2D eigenvalue weighted by Crippen LogP contribution is 2.01. The lowest BCUT2D eigenvalue weighted by molar-refractivity contribution is -0.116. The zero-order chi connectivity index (χ0) is 12.1. The summed E-state index contributed by atoms with van der Waals surface area (Å²) in [5.74, 6) is -0.151. The summed E-state index contributed by atoms with van der Waals surface area (Å²) in [6.07, 6.45) is 5.02. The Morgan fingerprint density at radius 1 is 1.47 bits per heavy atom. The Morgan fingerprint density at radius 2 is 2.35 bits per heavy atom. The minimum absolute atomic E-state index is 0.108. The van der Waals surface area contributed by atoms with E-state index in [0.29, 0.717) is 12.2 Å². The molecule has 0 radical (unpaired) electrons. The van der Waals surface area contributed by atoms with Gasteiger partial charge >= 0.3 is 0 Å². The number of aromatic amines is 1. The predicted molar refractivity (Wildman–Crippen MR) is 62.5 cm³/mol. The molecule has 2 heterocycles. The average Bonchev–Trinajstić information content (AvgIpc) is 2.81. The van der Waals surface area contributed by atoms with Gasteiger partial charge in [0.15, 0.2) is 0 Å². The third kappa shape index (κ3) is 3.04. The number of carbonyl (C=O) groups excluding carboxylic acids is 1. The second-order valence-electron chi connectivity index (χ2n) is 3.52. The van der Waals surface area contributed by atoms with Crippen molar-refractivity contribution >= 4 is 11.6 Å². The molecule has 0 aliphatic rings. The highest BCUT2D eigenvalue weighted by molar-refractivity contribution is 5.90. The summed E-state index contributed by atoms with van der Waals surface area (Å²) < 4.78 is 1.49. The number of anilines is 1. The maximum atomic E-state index is 11.5. The molecule has 0 atom stereocenters. The van der Waals surface area contributed by atoms with E-state index >= 15 is 0 Å². The van der Waals surface area contributed by atoms with Crippen LogP contribution in [-0.2, 0) is 11.3 Å². The first kappa shape index (κ1) is 11.1. The first-order chi connectivity index (χ1) is 8.25. The zero-order valence-corrected chi connectivity index (χ0v) is 9.09. The summed E-state index contributed by atoms with van der Waals surface area (Å²) in [6.45, 7) is 0.364. The van der Waals surface area contributed by atoms with Gasteiger partial charge in [-0.25, -0.2) is 0 Å². The molecule has 0 aliphatic carbocycles. The van der Waals surface area contributed by atoms with E-state index in [-0.39, 0.29) is 17.9 Å². The van der Waals surface area contributed by atoms with Gasteiger partial charge in [0.1, 0.15) is 0 Å². The van der Waals surface area contributed by atoms with Gasteiger partial charge in [-0.3, -0.25) is 14.7 Å². The van der Waals surface area contributed by atoms with Crippen LogP contribution in [0.3, 0.4) is 0 Å². The molecule has 0 saturated carbocycles. The SMILES string of the molecule is O=C(CCn1ccccc1=O)Nc1cn[nH]c1. The van der Waals surface area contributed by atoms with Crippen molar-refractivity contribution in [1.82, 2.24) is 14.8 Å². The van der Waals surface area contributed by atoms with Crippen molar-refractivity contribution in [1.29, 1.82) is 0 Å². The van der Waals surface area contributed by atoms with E-state index in [9.17, 15) is 9.59 Å². The Balaban J connectivity index is 1.89. The molecule has 88 valence electrons. The van der Waals surface area contributed by atoms with Crippen molar-refractivity contribution in [3.05, 3.63) is 47.1 Å². The molecule has 0 saturated heterocycles. The van der Waals surface area contributed by atoms with Crippen LogP contribution in [0.4, 0.5) is 5.69 Å². The number of rotatable bonds is 4.